The van der Waals surface area contributed by atoms with Crippen molar-refractivity contribution < 1.29 is 14.4 Å². The molecule has 2 aromatic rings. The summed E-state index contributed by atoms with van der Waals surface area (Å²) >= 11 is 1.23. The molecule has 3 rings (SSSR count). The van der Waals surface area contributed by atoms with Crippen LogP contribution >= 0.6 is 11.8 Å². The highest BCUT2D eigenvalue weighted by atomic mass is 32.2. The summed E-state index contributed by atoms with van der Waals surface area (Å²) in [6.45, 7) is 7.33. The molecule has 194 valence electrons. The van der Waals surface area contributed by atoms with Gasteiger partial charge in [0.25, 0.3) is 0 Å². The van der Waals surface area contributed by atoms with Crippen molar-refractivity contribution in [2.75, 3.05) is 45.0 Å². The van der Waals surface area contributed by atoms with Crippen LogP contribution in [-0.4, -0.2) is 82.9 Å². The fourth-order valence-electron chi connectivity index (χ4n) is 4.37. The van der Waals surface area contributed by atoms with Crippen LogP contribution in [0.5, 0.6) is 0 Å². The maximum absolute atomic E-state index is 13.3. The number of aryl methyl sites for hydroxylation is 1. The minimum atomic E-state index is -0.239. The molecule has 7 nitrogen and oxygen atoms in total. The number of carbonyl (C=O) groups is 3. The van der Waals surface area contributed by atoms with Crippen LogP contribution in [0.15, 0.2) is 60.7 Å². The minimum absolute atomic E-state index is 0.0486. The molecule has 3 amide bonds. The van der Waals surface area contributed by atoms with Gasteiger partial charge in [0.2, 0.25) is 5.91 Å². The maximum Gasteiger partial charge on any atom is 0.318 e. The molecule has 1 aliphatic rings. The first-order chi connectivity index (χ1) is 17.5. The van der Waals surface area contributed by atoms with Crippen molar-refractivity contribution in [2.45, 2.75) is 39.3 Å². The van der Waals surface area contributed by atoms with Crippen LogP contribution in [-0.2, 0) is 22.4 Å². The Kier molecular flexibility index (Phi) is 11.3. The number of likely N-dealkylation sites (N-methyl/N-ethyl adjacent to an activating group) is 1. The Morgan fingerprint density at radius 2 is 1.58 bits per heavy atom. The highest BCUT2D eigenvalue weighted by Gasteiger charge is 2.30. The molecule has 0 radical (unpaired) electrons. The summed E-state index contributed by atoms with van der Waals surface area (Å²) in [5.41, 5.74) is 2.32. The molecule has 0 aromatic heterocycles. The molecule has 1 unspecified atom stereocenters. The van der Waals surface area contributed by atoms with Crippen LogP contribution in [0.2, 0.25) is 0 Å². The molecular weight excluding hydrogens is 472 g/mol. The largest absolute Gasteiger partial charge is 0.338 e. The van der Waals surface area contributed by atoms with Gasteiger partial charge in [0.05, 0.1) is 6.54 Å². The number of thioether (sulfide) groups is 1. The van der Waals surface area contributed by atoms with Crippen molar-refractivity contribution in [3.8, 4) is 0 Å². The van der Waals surface area contributed by atoms with Gasteiger partial charge in [-0.25, -0.2) is 4.79 Å². The highest BCUT2D eigenvalue weighted by molar-refractivity contribution is 8.13. The first-order valence-corrected chi connectivity index (χ1v) is 13.7. The van der Waals surface area contributed by atoms with Gasteiger partial charge in [-0.05, 0) is 30.5 Å². The molecular formula is C28H38N4O3S. The predicted molar refractivity (Wildman–Crippen MR) is 146 cm³/mol. The van der Waals surface area contributed by atoms with Gasteiger partial charge in [0.15, 0.2) is 5.12 Å². The van der Waals surface area contributed by atoms with E-state index < -0.39 is 0 Å². The number of benzene rings is 2. The second-order valence-electron chi connectivity index (χ2n) is 8.98. The number of nitrogens with one attached hydrogen (secondary N) is 1. The van der Waals surface area contributed by atoms with E-state index in [0.29, 0.717) is 44.8 Å². The molecule has 1 atom stereocenters. The normalized spacial score (nSPS) is 15.9. The summed E-state index contributed by atoms with van der Waals surface area (Å²) < 4.78 is 0. The molecule has 1 aliphatic heterocycles. The second kappa shape index (κ2) is 14.7. The molecule has 1 fully saturated rings. The number of amides is 3. The fraction of sp³-hybridized carbons (Fsp3) is 0.464. The zero-order valence-electron chi connectivity index (χ0n) is 21.4. The van der Waals surface area contributed by atoms with Crippen molar-refractivity contribution >= 4 is 28.8 Å². The SMILES string of the molecule is CCN1CCN(C(=O)CCc2ccccc2)CC1NC(=O)N(CCSC(C)=O)CCc1ccccc1. The van der Waals surface area contributed by atoms with Crippen LogP contribution in [0.4, 0.5) is 4.79 Å². The molecule has 0 aliphatic carbocycles. The molecule has 0 bridgehead atoms. The summed E-state index contributed by atoms with van der Waals surface area (Å²) in [5.74, 6) is 0.678. The molecule has 36 heavy (non-hydrogen) atoms. The zero-order chi connectivity index (χ0) is 25.8. The van der Waals surface area contributed by atoms with Crippen molar-refractivity contribution in [1.29, 1.82) is 0 Å². The lowest BCUT2D eigenvalue weighted by Gasteiger charge is -2.42. The Labute approximate surface area is 219 Å². The molecule has 2 aromatic carbocycles. The van der Waals surface area contributed by atoms with Crippen LogP contribution < -0.4 is 5.32 Å². The molecule has 0 spiro atoms. The van der Waals surface area contributed by atoms with Crippen molar-refractivity contribution in [3.05, 3.63) is 71.8 Å². The Balaban J connectivity index is 1.59. The van der Waals surface area contributed by atoms with E-state index in [9.17, 15) is 14.4 Å². The Morgan fingerprint density at radius 1 is 0.944 bits per heavy atom. The van der Waals surface area contributed by atoms with Crippen molar-refractivity contribution in [3.63, 3.8) is 0 Å². The number of urea groups is 1. The third-order valence-electron chi connectivity index (χ3n) is 6.48. The molecule has 1 N–H and O–H groups in total. The van der Waals surface area contributed by atoms with Gasteiger partial charge in [-0.1, -0.05) is 79.3 Å². The summed E-state index contributed by atoms with van der Waals surface area (Å²) in [7, 11) is 0. The Bertz CT molecular complexity index is 973. The summed E-state index contributed by atoms with van der Waals surface area (Å²) in [5, 5.41) is 3.23. The number of rotatable bonds is 11. The average molecular weight is 511 g/mol. The van der Waals surface area contributed by atoms with E-state index in [0.717, 1.165) is 30.6 Å². The third kappa shape index (κ3) is 8.99. The van der Waals surface area contributed by atoms with Gasteiger partial charge in [-0.2, -0.15) is 0 Å². The number of hydrogen-bond acceptors (Lipinski definition) is 5. The lowest BCUT2D eigenvalue weighted by molar-refractivity contribution is -0.134. The quantitative estimate of drug-likeness (QED) is 0.500. The van der Waals surface area contributed by atoms with E-state index in [1.54, 1.807) is 11.8 Å². The van der Waals surface area contributed by atoms with E-state index in [-0.39, 0.29) is 23.2 Å². The number of piperazine rings is 1. The molecule has 0 saturated carbocycles. The fourth-order valence-corrected chi connectivity index (χ4v) is 4.97. The topological polar surface area (TPSA) is 73.0 Å². The Hall–Kier alpha value is -2.84. The van der Waals surface area contributed by atoms with Crippen LogP contribution in [0.25, 0.3) is 0 Å². The van der Waals surface area contributed by atoms with Crippen LogP contribution in [0.1, 0.15) is 31.4 Å². The number of carbonyl (C=O) groups excluding carboxylic acids is 3. The average Bonchev–Trinajstić information content (AvgIpc) is 2.90. The molecule has 1 saturated heterocycles. The van der Waals surface area contributed by atoms with E-state index in [2.05, 4.69) is 29.3 Å². The first kappa shape index (κ1) is 27.7. The van der Waals surface area contributed by atoms with Gasteiger partial charge in [0, 0.05) is 45.3 Å². The lowest BCUT2D eigenvalue weighted by atomic mass is 10.1. The third-order valence-corrected chi connectivity index (χ3v) is 7.27. The molecule has 8 heteroatoms. The summed E-state index contributed by atoms with van der Waals surface area (Å²) in [4.78, 5) is 43.6. The van der Waals surface area contributed by atoms with Crippen molar-refractivity contribution in [2.24, 2.45) is 0 Å². The number of nitrogens with zero attached hydrogens (tertiary/aromatic N) is 3. The van der Waals surface area contributed by atoms with Gasteiger partial charge in [0.1, 0.15) is 6.17 Å². The monoisotopic (exact) mass is 510 g/mol. The van der Waals surface area contributed by atoms with Gasteiger partial charge in [-0.3, -0.25) is 14.5 Å². The maximum atomic E-state index is 13.3. The first-order valence-electron chi connectivity index (χ1n) is 12.7. The lowest BCUT2D eigenvalue weighted by Crippen LogP contribution is -2.62. The summed E-state index contributed by atoms with van der Waals surface area (Å²) in [6, 6.07) is 20.0. The van der Waals surface area contributed by atoms with Crippen molar-refractivity contribution in [1.82, 2.24) is 20.0 Å². The predicted octanol–water partition coefficient (Wildman–Crippen LogP) is 3.64. The van der Waals surface area contributed by atoms with Gasteiger partial charge in [-0.15, -0.1) is 0 Å². The van der Waals surface area contributed by atoms with E-state index in [1.165, 1.54) is 11.8 Å². The molecule has 1 heterocycles. The van der Waals surface area contributed by atoms with Crippen LogP contribution in [0.3, 0.4) is 0 Å². The van der Waals surface area contributed by atoms with E-state index >= 15 is 0 Å². The van der Waals surface area contributed by atoms with E-state index in [4.69, 9.17) is 0 Å². The second-order valence-corrected chi connectivity index (χ2v) is 10.3. The van der Waals surface area contributed by atoms with Gasteiger partial charge >= 0.3 is 6.03 Å². The van der Waals surface area contributed by atoms with Crippen LogP contribution in [0, 0.1) is 0 Å². The number of hydrogen-bond donors (Lipinski definition) is 1. The zero-order valence-corrected chi connectivity index (χ0v) is 22.2. The van der Waals surface area contributed by atoms with Gasteiger partial charge < -0.3 is 15.1 Å². The Morgan fingerprint density at radius 3 is 2.19 bits per heavy atom. The standard InChI is InChI=1S/C28H38N4O3S/c1-3-30-18-19-32(27(34)15-14-24-10-6-4-7-11-24)22-26(30)29-28(35)31(20-21-36-23(2)33)17-16-25-12-8-5-9-13-25/h4-13,26H,3,14-22H2,1-2H3,(H,29,35). The summed E-state index contributed by atoms with van der Waals surface area (Å²) in [6.07, 6.45) is 1.68. The minimum Gasteiger partial charge on any atom is -0.338 e. The smallest absolute Gasteiger partial charge is 0.318 e. The van der Waals surface area contributed by atoms with E-state index in [1.807, 2.05) is 53.4 Å². The highest BCUT2D eigenvalue weighted by Crippen LogP contribution is 2.13.